The minimum Gasteiger partial charge on any atom is -0.443 e. The number of H-pyrrole nitrogens is 1. The molecule has 1 N–H and O–H groups in total. The Morgan fingerprint density at radius 1 is 0.926 bits per heavy atom. The maximum absolute atomic E-state index is 12.3. The van der Waals surface area contributed by atoms with Crippen molar-refractivity contribution in [3.63, 3.8) is 0 Å². The molecular formula is C19H13N3O5. The minimum absolute atomic E-state index is 0.208. The van der Waals surface area contributed by atoms with Crippen LogP contribution in [-0.2, 0) is 16.0 Å². The van der Waals surface area contributed by atoms with Crippen LogP contribution in [0.3, 0.4) is 0 Å². The number of nitrogens with zero attached hydrogens (tertiary/aromatic N) is 2. The van der Waals surface area contributed by atoms with Crippen LogP contribution in [0.1, 0.15) is 26.4 Å². The molecule has 1 aromatic heterocycles. The van der Waals surface area contributed by atoms with Gasteiger partial charge in [-0.25, -0.2) is 10.00 Å². The van der Waals surface area contributed by atoms with Gasteiger partial charge in [-0.05, 0) is 18.2 Å². The third kappa shape index (κ3) is 2.86. The molecule has 2 amide bonds. The molecule has 3 aromatic rings. The van der Waals surface area contributed by atoms with Gasteiger partial charge in [-0.1, -0.05) is 30.3 Å². The van der Waals surface area contributed by atoms with Gasteiger partial charge in [0.05, 0.1) is 28.6 Å². The van der Waals surface area contributed by atoms with Gasteiger partial charge in [-0.2, -0.15) is 5.10 Å². The molecule has 8 heteroatoms. The van der Waals surface area contributed by atoms with Crippen molar-refractivity contribution in [3.8, 4) is 0 Å². The summed E-state index contributed by atoms with van der Waals surface area (Å²) >= 11 is 0. The maximum Gasteiger partial charge on any atom is 0.313 e. The standard InChI is InChI=1S/C19H13N3O5/c23-16(9-15-11-5-1-2-6-12(11)17(24)21-20-15)27-10-22-18(25)13-7-3-4-8-14(13)19(22)26/h1-8H,9-10H2,(H,21,24). The van der Waals surface area contributed by atoms with Crippen LogP contribution in [0.2, 0.25) is 0 Å². The number of ether oxygens (including phenoxy) is 1. The van der Waals surface area contributed by atoms with Crippen LogP contribution in [0.4, 0.5) is 0 Å². The lowest BCUT2D eigenvalue weighted by atomic mass is 10.1. The predicted octanol–water partition coefficient (Wildman–Crippen LogP) is 1.26. The molecule has 0 atom stereocenters. The van der Waals surface area contributed by atoms with Crippen molar-refractivity contribution in [2.45, 2.75) is 6.42 Å². The van der Waals surface area contributed by atoms with Crippen LogP contribution in [0.5, 0.6) is 0 Å². The van der Waals surface area contributed by atoms with E-state index in [1.54, 1.807) is 48.5 Å². The lowest BCUT2D eigenvalue weighted by Gasteiger charge is -2.14. The second kappa shape index (κ2) is 6.49. The molecule has 4 rings (SSSR count). The lowest BCUT2D eigenvalue weighted by Crippen LogP contribution is -2.33. The number of amides is 2. The number of aromatic nitrogens is 2. The van der Waals surface area contributed by atoms with E-state index in [0.717, 1.165) is 4.90 Å². The smallest absolute Gasteiger partial charge is 0.313 e. The first-order chi connectivity index (χ1) is 13.1. The van der Waals surface area contributed by atoms with Crippen molar-refractivity contribution in [2.24, 2.45) is 0 Å². The van der Waals surface area contributed by atoms with Gasteiger partial charge in [0.1, 0.15) is 0 Å². The number of carbonyl (C=O) groups is 3. The van der Waals surface area contributed by atoms with Gasteiger partial charge in [0.25, 0.3) is 17.4 Å². The highest BCUT2D eigenvalue weighted by Crippen LogP contribution is 2.22. The van der Waals surface area contributed by atoms with Crippen molar-refractivity contribution in [1.29, 1.82) is 0 Å². The SMILES string of the molecule is O=C(Cc1n[nH]c(=O)c2ccccc12)OCN1C(=O)c2ccccc2C1=O. The quantitative estimate of drug-likeness (QED) is 0.552. The molecule has 2 heterocycles. The van der Waals surface area contributed by atoms with Gasteiger partial charge < -0.3 is 4.74 Å². The van der Waals surface area contributed by atoms with Crippen LogP contribution >= 0.6 is 0 Å². The first-order valence-electron chi connectivity index (χ1n) is 8.13. The molecule has 0 bridgehead atoms. The van der Waals surface area contributed by atoms with Crippen LogP contribution in [-0.4, -0.2) is 39.6 Å². The Balaban J connectivity index is 1.47. The van der Waals surface area contributed by atoms with E-state index in [0.29, 0.717) is 16.5 Å². The Hall–Kier alpha value is -3.81. The van der Waals surface area contributed by atoms with Crippen LogP contribution in [0.25, 0.3) is 10.8 Å². The van der Waals surface area contributed by atoms with Gasteiger partial charge in [0.15, 0.2) is 6.73 Å². The number of imide groups is 1. The molecule has 27 heavy (non-hydrogen) atoms. The maximum atomic E-state index is 12.3. The van der Waals surface area contributed by atoms with E-state index < -0.39 is 24.5 Å². The van der Waals surface area contributed by atoms with Crippen LogP contribution < -0.4 is 5.56 Å². The normalized spacial score (nSPS) is 13.1. The molecule has 134 valence electrons. The third-order valence-corrected chi connectivity index (χ3v) is 4.32. The topological polar surface area (TPSA) is 109 Å². The summed E-state index contributed by atoms with van der Waals surface area (Å²) in [4.78, 5) is 49.3. The Morgan fingerprint density at radius 3 is 2.19 bits per heavy atom. The molecule has 0 unspecified atom stereocenters. The zero-order valence-electron chi connectivity index (χ0n) is 14.0. The minimum atomic E-state index is -0.670. The predicted molar refractivity (Wildman–Crippen MR) is 94.0 cm³/mol. The van der Waals surface area contributed by atoms with Crippen LogP contribution in [0.15, 0.2) is 53.3 Å². The van der Waals surface area contributed by atoms with E-state index in [1.165, 1.54) is 0 Å². The molecule has 0 aliphatic carbocycles. The molecule has 1 aliphatic rings. The van der Waals surface area contributed by atoms with E-state index in [-0.39, 0.29) is 23.1 Å². The van der Waals surface area contributed by atoms with Crippen LogP contribution in [0, 0.1) is 0 Å². The molecule has 0 fully saturated rings. The van der Waals surface area contributed by atoms with Crippen molar-refractivity contribution in [3.05, 3.63) is 75.7 Å². The van der Waals surface area contributed by atoms with E-state index in [2.05, 4.69) is 10.2 Å². The summed E-state index contributed by atoms with van der Waals surface area (Å²) in [6.07, 6.45) is -0.208. The van der Waals surface area contributed by atoms with E-state index in [4.69, 9.17) is 4.74 Å². The lowest BCUT2D eigenvalue weighted by molar-refractivity contribution is -0.145. The summed E-state index contributed by atoms with van der Waals surface area (Å²) in [5.74, 6) is -1.68. The fourth-order valence-electron chi connectivity index (χ4n) is 2.99. The number of hydrogen-bond donors (Lipinski definition) is 1. The van der Waals surface area contributed by atoms with Gasteiger partial charge >= 0.3 is 5.97 Å². The summed E-state index contributed by atoms with van der Waals surface area (Å²) in [6.45, 7) is -0.480. The molecule has 8 nitrogen and oxygen atoms in total. The number of nitrogens with one attached hydrogen (secondary N) is 1. The van der Waals surface area contributed by atoms with E-state index >= 15 is 0 Å². The summed E-state index contributed by atoms with van der Waals surface area (Å²) in [7, 11) is 0. The van der Waals surface area contributed by atoms with Gasteiger partial charge in [0.2, 0.25) is 0 Å². The summed E-state index contributed by atoms with van der Waals surface area (Å²) in [6, 6.07) is 13.2. The fourth-order valence-corrected chi connectivity index (χ4v) is 2.99. The second-order valence-corrected chi connectivity index (χ2v) is 5.95. The third-order valence-electron chi connectivity index (χ3n) is 4.32. The average Bonchev–Trinajstić information content (AvgIpc) is 2.93. The Labute approximate surface area is 152 Å². The first-order valence-corrected chi connectivity index (χ1v) is 8.13. The van der Waals surface area contributed by atoms with Crippen molar-refractivity contribution >= 4 is 28.6 Å². The zero-order valence-corrected chi connectivity index (χ0v) is 14.0. The number of rotatable bonds is 4. The number of hydrogen-bond acceptors (Lipinski definition) is 6. The Kier molecular flexibility index (Phi) is 4.00. The first kappa shape index (κ1) is 16.6. The molecular weight excluding hydrogens is 350 g/mol. The summed E-state index contributed by atoms with van der Waals surface area (Å²) in [5, 5.41) is 7.20. The monoisotopic (exact) mass is 363 g/mol. The molecule has 0 radical (unpaired) electrons. The number of esters is 1. The summed E-state index contributed by atoms with van der Waals surface area (Å²) in [5.41, 5.74) is 0.560. The van der Waals surface area contributed by atoms with Crippen molar-refractivity contribution in [2.75, 3.05) is 6.73 Å². The Bertz CT molecular complexity index is 1120. The highest BCUT2D eigenvalue weighted by Gasteiger charge is 2.35. The number of aromatic amines is 1. The van der Waals surface area contributed by atoms with Gasteiger partial charge in [-0.3, -0.25) is 19.2 Å². The second-order valence-electron chi connectivity index (χ2n) is 5.95. The molecule has 0 saturated heterocycles. The highest BCUT2D eigenvalue weighted by molar-refractivity contribution is 6.21. The zero-order chi connectivity index (χ0) is 19.0. The fraction of sp³-hybridized carbons (Fsp3) is 0.105. The Morgan fingerprint density at radius 2 is 1.52 bits per heavy atom. The molecule has 1 aliphatic heterocycles. The highest BCUT2D eigenvalue weighted by atomic mass is 16.5. The molecule has 0 spiro atoms. The molecule has 0 saturated carbocycles. The van der Waals surface area contributed by atoms with E-state index in [1.807, 2.05) is 0 Å². The largest absolute Gasteiger partial charge is 0.443 e. The molecule has 2 aromatic carbocycles. The number of fused-ring (bicyclic) bond motifs is 2. The van der Waals surface area contributed by atoms with Gasteiger partial charge in [-0.15, -0.1) is 0 Å². The van der Waals surface area contributed by atoms with E-state index in [9.17, 15) is 19.2 Å². The van der Waals surface area contributed by atoms with Gasteiger partial charge in [0, 0.05) is 5.39 Å². The number of benzene rings is 2. The van der Waals surface area contributed by atoms with Crippen molar-refractivity contribution < 1.29 is 19.1 Å². The summed E-state index contributed by atoms with van der Waals surface area (Å²) < 4.78 is 5.09. The average molecular weight is 363 g/mol. The van der Waals surface area contributed by atoms with Crippen molar-refractivity contribution in [1.82, 2.24) is 15.1 Å². The number of carbonyl (C=O) groups excluding carboxylic acids is 3.